The van der Waals surface area contributed by atoms with Gasteiger partial charge in [-0.25, -0.2) is 4.98 Å². The first-order valence-electron chi connectivity index (χ1n) is 8.42. The van der Waals surface area contributed by atoms with E-state index in [0.29, 0.717) is 11.6 Å². The number of benzene rings is 2. The van der Waals surface area contributed by atoms with Crippen LogP contribution in [0.15, 0.2) is 65.1 Å². The molecule has 4 aromatic rings. The van der Waals surface area contributed by atoms with Crippen LogP contribution in [-0.4, -0.2) is 9.97 Å². The molecule has 0 atom stereocenters. The lowest BCUT2D eigenvalue weighted by molar-refractivity contribution is -0.137. The maximum Gasteiger partial charge on any atom is 0.417 e. The molecule has 0 aliphatic carbocycles. The van der Waals surface area contributed by atoms with Crippen molar-refractivity contribution in [2.24, 2.45) is 0 Å². The van der Waals surface area contributed by atoms with Crippen molar-refractivity contribution in [3.8, 4) is 34.2 Å². The van der Waals surface area contributed by atoms with E-state index in [1.54, 1.807) is 6.07 Å². The number of aromatic nitrogens is 2. The van der Waals surface area contributed by atoms with Crippen molar-refractivity contribution < 1.29 is 17.6 Å². The Hall–Kier alpha value is -2.99. The molecule has 1 N–H and O–H groups in total. The number of nitrogens with zero attached hydrogens (tertiary/aromatic N) is 1. The molecule has 2 heterocycles. The van der Waals surface area contributed by atoms with Gasteiger partial charge in [0.05, 0.1) is 11.3 Å². The summed E-state index contributed by atoms with van der Waals surface area (Å²) in [6.07, 6.45) is -4.55. The van der Waals surface area contributed by atoms with E-state index < -0.39 is 11.7 Å². The van der Waals surface area contributed by atoms with Gasteiger partial charge in [0.2, 0.25) is 0 Å². The molecule has 0 fully saturated rings. The first-order valence-corrected chi connectivity index (χ1v) is 8.80. The van der Waals surface area contributed by atoms with E-state index in [4.69, 9.17) is 16.0 Å². The predicted molar refractivity (Wildman–Crippen MR) is 102 cm³/mol. The fourth-order valence-corrected chi connectivity index (χ4v) is 3.20. The van der Waals surface area contributed by atoms with E-state index in [9.17, 15) is 13.2 Å². The zero-order valence-corrected chi connectivity index (χ0v) is 15.4. The number of hydrogen-bond acceptors (Lipinski definition) is 2. The van der Waals surface area contributed by atoms with Gasteiger partial charge in [0.1, 0.15) is 5.76 Å². The van der Waals surface area contributed by atoms with Gasteiger partial charge in [0.25, 0.3) is 0 Å². The average molecular weight is 403 g/mol. The smallest absolute Gasteiger partial charge is 0.417 e. The summed E-state index contributed by atoms with van der Waals surface area (Å²) in [5.74, 6) is 0.891. The quantitative estimate of drug-likeness (QED) is 0.401. The predicted octanol–water partition coefficient (Wildman–Crippen LogP) is 6.98. The number of rotatable bonds is 3. The van der Waals surface area contributed by atoms with Gasteiger partial charge in [0.15, 0.2) is 11.6 Å². The molecule has 0 saturated carbocycles. The molecule has 0 radical (unpaired) electrons. The Morgan fingerprint density at radius 1 is 0.964 bits per heavy atom. The highest BCUT2D eigenvalue weighted by atomic mass is 35.5. The van der Waals surface area contributed by atoms with Gasteiger partial charge in [-0.3, -0.25) is 0 Å². The van der Waals surface area contributed by atoms with Gasteiger partial charge >= 0.3 is 6.18 Å². The Morgan fingerprint density at radius 3 is 2.39 bits per heavy atom. The molecule has 7 heteroatoms. The minimum Gasteiger partial charge on any atom is -0.453 e. The lowest BCUT2D eigenvalue weighted by Crippen LogP contribution is -2.06. The highest BCUT2D eigenvalue weighted by Gasteiger charge is 2.34. The van der Waals surface area contributed by atoms with Crippen LogP contribution in [0.4, 0.5) is 13.2 Å². The Labute approximate surface area is 163 Å². The van der Waals surface area contributed by atoms with Crippen molar-refractivity contribution in [3.05, 3.63) is 76.9 Å². The standard InChI is InChI=1S/C21H14ClF3N2O/c1-12-19(13-5-3-2-4-6-13)27-20(26-12)18-10-9-17(28-18)15-8-7-14(22)11-16(15)21(23,24)25/h2-11H,1H3,(H,26,27). The number of hydrogen-bond donors (Lipinski definition) is 1. The summed E-state index contributed by atoms with van der Waals surface area (Å²) in [7, 11) is 0. The van der Waals surface area contributed by atoms with Crippen molar-refractivity contribution in [2.45, 2.75) is 13.1 Å². The van der Waals surface area contributed by atoms with Crippen LogP contribution < -0.4 is 0 Å². The van der Waals surface area contributed by atoms with Crippen molar-refractivity contribution in [2.75, 3.05) is 0 Å². The molecular formula is C21H14ClF3N2O. The average Bonchev–Trinajstić information content (AvgIpc) is 3.28. The molecule has 2 aromatic heterocycles. The Balaban J connectivity index is 1.74. The maximum absolute atomic E-state index is 13.4. The summed E-state index contributed by atoms with van der Waals surface area (Å²) < 4.78 is 45.8. The van der Waals surface area contributed by atoms with Crippen LogP contribution in [0.5, 0.6) is 0 Å². The monoisotopic (exact) mass is 402 g/mol. The van der Waals surface area contributed by atoms with E-state index >= 15 is 0 Å². The van der Waals surface area contributed by atoms with Crippen LogP contribution in [-0.2, 0) is 6.18 Å². The normalized spacial score (nSPS) is 11.8. The Kier molecular flexibility index (Phi) is 4.51. The van der Waals surface area contributed by atoms with Crippen LogP contribution >= 0.6 is 11.6 Å². The van der Waals surface area contributed by atoms with Crippen LogP contribution in [0.25, 0.3) is 34.2 Å². The molecular weight excluding hydrogens is 389 g/mol. The third-order valence-corrected chi connectivity index (χ3v) is 4.56. The molecule has 4 rings (SSSR count). The molecule has 3 nitrogen and oxygen atoms in total. The molecule has 0 saturated heterocycles. The van der Waals surface area contributed by atoms with E-state index in [2.05, 4.69) is 9.97 Å². The summed E-state index contributed by atoms with van der Waals surface area (Å²) in [4.78, 5) is 7.68. The lowest BCUT2D eigenvalue weighted by atomic mass is 10.1. The van der Waals surface area contributed by atoms with E-state index in [-0.39, 0.29) is 16.3 Å². The maximum atomic E-state index is 13.4. The Bertz CT molecular complexity index is 1130. The van der Waals surface area contributed by atoms with E-state index in [0.717, 1.165) is 23.0 Å². The SMILES string of the molecule is Cc1[nH]c(-c2ccc(-c3ccc(Cl)cc3C(F)(F)F)o2)nc1-c1ccccc1. The number of aromatic amines is 1. The number of imidazole rings is 1. The van der Waals surface area contributed by atoms with Gasteiger partial charge in [-0.2, -0.15) is 13.2 Å². The van der Waals surface area contributed by atoms with Gasteiger partial charge in [-0.15, -0.1) is 0 Å². The van der Waals surface area contributed by atoms with Gasteiger partial charge in [-0.05, 0) is 37.3 Å². The largest absolute Gasteiger partial charge is 0.453 e. The fourth-order valence-electron chi connectivity index (χ4n) is 3.03. The second-order valence-corrected chi connectivity index (χ2v) is 6.71. The minimum absolute atomic E-state index is 0.0111. The topological polar surface area (TPSA) is 41.8 Å². The summed E-state index contributed by atoms with van der Waals surface area (Å²) in [6, 6.07) is 16.3. The van der Waals surface area contributed by atoms with Crippen LogP contribution in [0.2, 0.25) is 5.02 Å². The second-order valence-electron chi connectivity index (χ2n) is 6.28. The summed E-state index contributed by atoms with van der Waals surface area (Å²) in [5.41, 5.74) is 1.61. The zero-order valence-electron chi connectivity index (χ0n) is 14.6. The highest BCUT2D eigenvalue weighted by molar-refractivity contribution is 6.30. The molecule has 0 bridgehead atoms. The van der Waals surface area contributed by atoms with E-state index in [1.807, 2.05) is 37.3 Å². The number of aryl methyl sites for hydroxylation is 1. The second kappa shape index (κ2) is 6.87. The molecule has 0 aliphatic heterocycles. The molecule has 0 aliphatic rings. The van der Waals surface area contributed by atoms with Crippen molar-refractivity contribution >= 4 is 11.6 Å². The van der Waals surface area contributed by atoms with Crippen molar-refractivity contribution in [1.29, 1.82) is 0 Å². The lowest BCUT2D eigenvalue weighted by Gasteiger charge is -2.11. The fraction of sp³-hybridized carbons (Fsp3) is 0.0952. The molecule has 28 heavy (non-hydrogen) atoms. The number of furan rings is 1. The summed E-state index contributed by atoms with van der Waals surface area (Å²) >= 11 is 5.74. The molecule has 2 aromatic carbocycles. The van der Waals surface area contributed by atoms with Gasteiger partial charge in [0, 0.05) is 21.8 Å². The first-order chi connectivity index (χ1) is 13.3. The highest BCUT2D eigenvalue weighted by Crippen LogP contribution is 2.40. The van der Waals surface area contributed by atoms with Crippen LogP contribution in [0.3, 0.4) is 0 Å². The molecule has 0 unspecified atom stereocenters. The number of nitrogens with one attached hydrogen (secondary N) is 1. The number of halogens is 4. The van der Waals surface area contributed by atoms with Crippen molar-refractivity contribution in [3.63, 3.8) is 0 Å². The Morgan fingerprint density at radius 2 is 1.68 bits per heavy atom. The molecule has 0 spiro atoms. The summed E-state index contributed by atoms with van der Waals surface area (Å²) in [5, 5.41) is 0.0111. The van der Waals surface area contributed by atoms with E-state index in [1.165, 1.54) is 18.2 Å². The van der Waals surface area contributed by atoms with Gasteiger partial charge < -0.3 is 9.40 Å². The van der Waals surface area contributed by atoms with Crippen molar-refractivity contribution in [1.82, 2.24) is 9.97 Å². The third kappa shape index (κ3) is 3.43. The number of H-pyrrole nitrogens is 1. The molecule has 0 amide bonds. The van der Waals surface area contributed by atoms with Crippen LogP contribution in [0.1, 0.15) is 11.3 Å². The van der Waals surface area contributed by atoms with Crippen LogP contribution in [0, 0.1) is 6.92 Å². The van der Waals surface area contributed by atoms with Gasteiger partial charge in [-0.1, -0.05) is 41.9 Å². The minimum atomic E-state index is -4.55. The first kappa shape index (κ1) is 18.4. The third-order valence-electron chi connectivity index (χ3n) is 4.32. The molecule has 142 valence electrons. The number of alkyl halides is 3. The summed E-state index contributed by atoms with van der Waals surface area (Å²) in [6.45, 7) is 1.88. The zero-order chi connectivity index (χ0) is 19.9.